The maximum atomic E-state index is 13.6. The van der Waals surface area contributed by atoms with Gasteiger partial charge < -0.3 is 14.5 Å². The van der Waals surface area contributed by atoms with Gasteiger partial charge in [0.1, 0.15) is 12.4 Å². The Morgan fingerprint density at radius 1 is 0.923 bits per heavy atom. The normalized spacial score (nSPS) is 17.6. The molecule has 0 fully saturated rings. The van der Waals surface area contributed by atoms with E-state index in [1.165, 1.54) is 16.7 Å². The fourth-order valence-electron chi connectivity index (χ4n) is 5.26. The van der Waals surface area contributed by atoms with E-state index in [0.29, 0.717) is 31.3 Å². The van der Waals surface area contributed by atoms with E-state index in [9.17, 15) is 4.79 Å². The molecule has 1 atom stereocenters. The lowest BCUT2D eigenvalue weighted by molar-refractivity contribution is 0.0718. The lowest BCUT2D eigenvalue weighted by Gasteiger charge is -2.27. The standard InChI is InChI=1S/C32H37N5O2/c1-25-15-16-31-28(22-25)23-35(2)19-17-27(26-10-5-3-6-11-26)12-9-18-36(20-21-39-31)32(38)30-24-37(34-33-30)29-13-7-4-8-14-29/h3-8,10-11,13-16,22,24,27H,9,12,17-21,23H2,1-2H3. The highest BCUT2D eigenvalue weighted by Crippen LogP contribution is 2.27. The van der Waals surface area contributed by atoms with Crippen molar-refractivity contribution in [1.82, 2.24) is 24.8 Å². The first-order chi connectivity index (χ1) is 19.1. The van der Waals surface area contributed by atoms with Crippen LogP contribution >= 0.6 is 0 Å². The highest BCUT2D eigenvalue weighted by molar-refractivity contribution is 5.92. The van der Waals surface area contributed by atoms with Crippen molar-refractivity contribution < 1.29 is 9.53 Å². The summed E-state index contributed by atoms with van der Waals surface area (Å²) in [5, 5.41) is 8.42. The molecule has 0 saturated carbocycles. The number of benzene rings is 3. The predicted molar refractivity (Wildman–Crippen MR) is 153 cm³/mol. The number of rotatable bonds is 3. The molecule has 5 rings (SSSR count). The minimum Gasteiger partial charge on any atom is -0.491 e. The molecule has 0 radical (unpaired) electrons. The molecule has 1 aromatic heterocycles. The highest BCUT2D eigenvalue weighted by Gasteiger charge is 2.22. The summed E-state index contributed by atoms with van der Waals surface area (Å²) in [6, 6.07) is 26.8. The summed E-state index contributed by atoms with van der Waals surface area (Å²) >= 11 is 0. The van der Waals surface area contributed by atoms with Crippen molar-refractivity contribution in [2.45, 2.75) is 38.6 Å². The van der Waals surface area contributed by atoms with Crippen LogP contribution in [-0.4, -0.2) is 64.0 Å². The van der Waals surface area contributed by atoms with Crippen LogP contribution in [0.15, 0.2) is 85.1 Å². The van der Waals surface area contributed by atoms with E-state index in [2.05, 4.69) is 77.7 Å². The number of hydrogen-bond donors (Lipinski definition) is 0. The second-order valence-electron chi connectivity index (χ2n) is 10.4. The van der Waals surface area contributed by atoms with Gasteiger partial charge in [-0.3, -0.25) is 4.79 Å². The number of aromatic nitrogens is 3. The van der Waals surface area contributed by atoms with Gasteiger partial charge in [-0.2, -0.15) is 0 Å². The number of ether oxygens (including phenoxy) is 1. The molecule has 39 heavy (non-hydrogen) atoms. The Morgan fingerprint density at radius 2 is 1.69 bits per heavy atom. The summed E-state index contributed by atoms with van der Waals surface area (Å²) < 4.78 is 7.90. The van der Waals surface area contributed by atoms with Crippen molar-refractivity contribution in [1.29, 1.82) is 0 Å². The summed E-state index contributed by atoms with van der Waals surface area (Å²) in [5.74, 6) is 1.19. The van der Waals surface area contributed by atoms with E-state index in [4.69, 9.17) is 4.74 Å². The van der Waals surface area contributed by atoms with Crippen LogP contribution in [0.1, 0.15) is 52.4 Å². The van der Waals surface area contributed by atoms with Crippen molar-refractivity contribution in [2.24, 2.45) is 0 Å². The summed E-state index contributed by atoms with van der Waals surface area (Å²) in [4.78, 5) is 17.9. The lowest BCUT2D eigenvalue weighted by Crippen LogP contribution is -2.36. The zero-order valence-electron chi connectivity index (χ0n) is 22.9. The van der Waals surface area contributed by atoms with E-state index < -0.39 is 0 Å². The van der Waals surface area contributed by atoms with E-state index >= 15 is 0 Å². The SMILES string of the molecule is Cc1ccc2c(c1)CN(C)CCC(c1ccccc1)CCCN(C(=O)c1cn(-c3ccccc3)nn1)CCO2. The first-order valence-electron chi connectivity index (χ1n) is 13.8. The van der Waals surface area contributed by atoms with Crippen molar-refractivity contribution in [3.63, 3.8) is 0 Å². The Labute approximate surface area is 231 Å². The number of aryl methyl sites for hydroxylation is 1. The van der Waals surface area contributed by atoms with Crippen LogP contribution in [0.25, 0.3) is 5.69 Å². The molecule has 0 bridgehead atoms. The Morgan fingerprint density at radius 3 is 2.49 bits per heavy atom. The molecule has 1 aliphatic heterocycles. The van der Waals surface area contributed by atoms with Gasteiger partial charge in [-0.1, -0.05) is 71.4 Å². The molecule has 1 amide bonds. The summed E-state index contributed by atoms with van der Waals surface area (Å²) in [5.41, 5.74) is 4.97. The number of hydrogen-bond acceptors (Lipinski definition) is 5. The summed E-state index contributed by atoms with van der Waals surface area (Å²) in [6.45, 7) is 5.46. The van der Waals surface area contributed by atoms with Crippen LogP contribution in [0, 0.1) is 6.92 Å². The Hall–Kier alpha value is -3.97. The maximum Gasteiger partial charge on any atom is 0.276 e. The maximum absolute atomic E-state index is 13.6. The van der Waals surface area contributed by atoms with Crippen molar-refractivity contribution in [2.75, 3.05) is 33.3 Å². The average Bonchev–Trinajstić information content (AvgIpc) is 3.46. The second kappa shape index (κ2) is 12.7. The van der Waals surface area contributed by atoms with Gasteiger partial charge in [0, 0.05) is 18.7 Å². The lowest BCUT2D eigenvalue weighted by atomic mass is 9.91. The molecule has 2 heterocycles. The molecule has 7 heteroatoms. The van der Waals surface area contributed by atoms with Crippen LogP contribution < -0.4 is 4.74 Å². The van der Waals surface area contributed by atoms with Crippen molar-refractivity contribution in [3.8, 4) is 11.4 Å². The van der Waals surface area contributed by atoms with Crippen LogP contribution in [-0.2, 0) is 6.54 Å². The smallest absolute Gasteiger partial charge is 0.276 e. The monoisotopic (exact) mass is 523 g/mol. The summed E-state index contributed by atoms with van der Waals surface area (Å²) in [6.07, 6.45) is 4.68. The van der Waals surface area contributed by atoms with Gasteiger partial charge in [0.2, 0.25) is 0 Å². The zero-order valence-corrected chi connectivity index (χ0v) is 22.9. The average molecular weight is 524 g/mol. The fraction of sp³-hybridized carbons (Fsp3) is 0.344. The molecule has 1 aliphatic rings. The van der Waals surface area contributed by atoms with Gasteiger partial charge in [0.15, 0.2) is 5.69 Å². The van der Waals surface area contributed by atoms with Gasteiger partial charge in [-0.25, -0.2) is 4.68 Å². The molecule has 0 saturated heterocycles. The Kier molecular flexibility index (Phi) is 8.68. The van der Waals surface area contributed by atoms with E-state index in [-0.39, 0.29) is 5.91 Å². The van der Waals surface area contributed by atoms with Gasteiger partial charge >= 0.3 is 0 Å². The minimum absolute atomic E-state index is 0.118. The second-order valence-corrected chi connectivity index (χ2v) is 10.4. The molecule has 0 spiro atoms. The molecular weight excluding hydrogens is 486 g/mol. The predicted octanol–water partition coefficient (Wildman–Crippen LogP) is 5.50. The largest absolute Gasteiger partial charge is 0.491 e. The highest BCUT2D eigenvalue weighted by atomic mass is 16.5. The molecular formula is C32H37N5O2. The van der Waals surface area contributed by atoms with Gasteiger partial charge in [0.05, 0.1) is 18.4 Å². The van der Waals surface area contributed by atoms with E-state index in [0.717, 1.165) is 43.8 Å². The third-order valence-corrected chi connectivity index (χ3v) is 7.41. The number of amides is 1. The molecule has 0 N–H and O–H groups in total. The summed E-state index contributed by atoms with van der Waals surface area (Å²) in [7, 11) is 2.18. The molecule has 7 nitrogen and oxygen atoms in total. The number of para-hydroxylation sites is 1. The molecule has 3 aromatic carbocycles. The van der Waals surface area contributed by atoms with Crippen molar-refractivity contribution in [3.05, 3.63) is 107 Å². The van der Waals surface area contributed by atoms with Gasteiger partial charge in [0.25, 0.3) is 5.91 Å². The minimum atomic E-state index is -0.118. The van der Waals surface area contributed by atoms with Crippen molar-refractivity contribution >= 4 is 5.91 Å². The third-order valence-electron chi connectivity index (χ3n) is 7.41. The Balaban J connectivity index is 1.38. The van der Waals surface area contributed by atoms with E-state index in [1.807, 2.05) is 35.2 Å². The first kappa shape index (κ1) is 26.6. The quantitative estimate of drug-likeness (QED) is 0.355. The fourth-order valence-corrected chi connectivity index (χ4v) is 5.26. The number of carbonyl (C=O) groups is 1. The first-order valence-corrected chi connectivity index (χ1v) is 13.8. The van der Waals surface area contributed by atoms with Crippen LogP contribution in [0.2, 0.25) is 0 Å². The van der Waals surface area contributed by atoms with E-state index in [1.54, 1.807) is 10.9 Å². The number of carbonyl (C=O) groups excluding carboxylic acids is 1. The van der Waals surface area contributed by atoms with Crippen LogP contribution in [0.5, 0.6) is 5.75 Å². The number of nitrogens with zero attached hydrogens (tertiary/aromatic N) is 5. The third kappa shape index (κ3) is 6.92. The molecule has 1 unspecified atom stereocenters. The van der Waals surface area contributed by atoms with Gasteiger partial charge in [-0.15, -0.1) is 5.10 Å². The Bertz CT molecular complexity index is 1360. The zero-order chi connectivity index (χ0) is 27.0. The molecule has 0 aliphatic carbocycles. The van der Waals surface area contributed by atoms with Crippen LogP contribution in [0.4, 0.5) is 0 Å². The molecule has 4 aromatic rings. The molecule has 202 valence electrons. The van der Waals surface area contributed by atoms with Gasteiger partial charge in [-0.05, 0) is 69.5 Å². The topological polar surface area (TPSA) is 63.5 Å². The van der Waals surface area contributed by atoms with Crippen LogP contribution in [0.3, 0.4) is 0 Å². The number of fused-ring (bicyclic) bond motifs is 1.